The van der Waals surface area contributed by atoms with Crippen molar-refractivity contribution in [1.29, 1.82) is 0 Å². The number of rotatable bonds is 4. The summed E-state index contributed by atoms with van der Waals surface area (Å²) in [6.07, 6.45) is 0. The number of fused-ring (bicyclic) bond motifs is 3. The van der Waals surface area contributed by atoms with Crippen molar-refractivity contribution in [1.82, 2.24) is 0 Å². The maximum Gasteiger partial charge on any atom is 0.418 e. The van der Waals surface area contributed by atoms with Gasteiger partial charge in [0.05, 0.1) is 0 Å². The van der Waals surface area contributed by atoms with E-state index in [9.17, 15) is 9.59 Å². The summed E-state index contributed by atoms with van der Waals surface area (Å²) in [6.45, 7) is 7.66. The second-order valence-electron chi connectivity index (χ2n) is 6.45. The van der Waals surface area contributed by atoms with E-state index >= 15 is 0 Å². The molecule has 0 unspecified atom stereocenters. The fourth-order valence-corrected chi connectivity index (χ4v) is 2.70. The van der Waals surface area contributed by atoms with Crippen LogP contribution in [0.1, 0.15) is 37.8 Å². The standard InChI is InChI=1S/C15H12O2.C5H9O2/c16-10-17-9-15-13-7-3-1-5-11(13)12-6-2-4-8-14(12)15;1-5(2,3)7-4-6/h1-8,10,15H,9H2;1-3H3. The molecule has 0 fully saturated rings. The molecular weight excluding hydrogens is 304 g/mol. The van der Waals surface area contributed by atoms with Crippen molar-refractivity contribution in [2.45, 2.75) is 32.3 Å². The topological polar surface area (TPSA) is 52.6 Å². The maximum atomic E-state index is 10.4. The Morgan fingerprint density at radius 3 is 1.88 bits per heavy atom. The normalized spacial score (nSPS) is 12.3. The van der Waals surface area contributed by atoms with Crippen LogP contribution >= 0.6 is 0 Å². The van der Waals surface area contributed by atoms with E-state index in [1.54, 1.807) is 20.8 Å². The Labute approximate surface area is 142 Å². The quantitative estimate of drug-likeness (QED) is 0.802. The monoisotopic (exact) mass is 325 g/mol. The van der Waals surface area contributed by atoms with Crippen LogP contribution in [0, 0.1) is 0 Å². The van der Waals surface area contributed by atoms with Crippen LogP contribution in [0.4, 0.5) is 0 Å². The third-order valence-corrected chi connectivity index (χ3v) is 3.64. The van der Waals surface area contributed by atoms with Gasteiger partial charge in [-0.25, -0.2) is 4.79 Å². The van der Waals surface area contributed by atoms with Gasteiger partial charge in [-0.15, -0.1) is 0 Å². The molecule has 1 aliphatic carbocycles. The van der Waals surface area contributed by atoms with E-state index in [0.29, 0.717) is 13.1 Å². The summed E-state index contributed by atoms with van der Waals surface area (Å²) in [7, 11) is 0. The Morgan fingerprint density at radius 2 is 1.50 bits per heavy atom. The van der Waals surface area contributed by atoms with Crippen LogP contribution in [0.3, 0.4) is 0 Å². The smallest absolute Gasteiger partial charge is 0.418 e. The minimum Gasteiger partial charge on any atom is -0.467 e. The van der Waals surface area contributed by atoms with E-state index in [0.717, 1.165) is 0 Å². The summed E-state index contributed by atoms with van der Waals surface area (Å²) in [5.41, 5.74) is 4.62. The van der Waals surface area contributed by atoms with Crippen LogP contribution in [0.15, 0.2) is 48.5 Å². The van der Waals surface area contributed by atoms with Gasteiger partial charge in [0, 0.05) is 5.92 Å². The van der Waals surface area contributed by atoms with E-state index in [4.69, 9.17) is 4.74 Å². The van der Waals surface area contributed by atoms with E-state index in [1.807, 2.05) is 24.3 Å². The molecule has 0 heterocycles. The molecule has 2 aromatic carbocycles. The predicted molar refractivity (Wildman–Crippen MR) is 92.3 cm³/mol. The van der Waals surface area contributed by atoms with Crippen molar-refractivity contribution in [2.75, 3.05) is 6.61 Å². The van der Waals surface area contributed by atoms with Crippen LogP contribution in [-0.4, -0.2) is 25.2 Å². The lowest BCUT2D eigenvalue weighted by Crippen LogP contribution is -2.17. The zero-order chi connectivity index (χ0) is 17.6. The van der Waals surface area contributed by atoms with Gasteiger partial charge in [-0.3, -0.25) is 4.79 Å². The highest BCUT2D eigenvalue weighted by molar-refractivity contribution is 5.78. The lowest BCUT2D eigenvalue weighted by Gasteiger charge is -2.13. The molecule has 0 bridgehead atoms. The van der Waals surface area contributed by atoms with Crippen LogP contribution in [0.5, 0.6) is 0 Å². The van der Waals surface area contributed by atoms with E-state index in [-0.39, 0.29) is 11.5 Å². The van der Waals surface area contributed by atoms with Gasteiger partial charge in [0.25, 0.3) is 6.47 Å². The van der Waals surface area contributed by atoms with Gasteiger partial charge in [-0.2, -0.15) is 0 Å². The largest absolute Gasteiger partial charge is 0.467 e. The Balaban J connectivity index is 0.000000256. The molecule has 3 rings (SSSR count). The lowest BCUT2D eigenvalue weighted by atomic mass is 9.98. The zero-order valence-electron chi connectivity index (χ0n) is 14.1. The first-order valence-electron chi connectivity index (χ1n) is 7.76. The van der Waals surface area contributed by atoms with E-state index < -0.39 is 0 Å². The lowest BCUT2D eigenvalue weighted by molar-refractivity contribution is -0.128. The first kappa shape index (κ1) is 17.7. The van der Waals surface area contributed by atoms with Gasteiger partial charge >= 0.3 is 6.47 Å². The molecule has 0 N–H and O–H groups in total. The number of hydrogen-bond acceptors (Lipinski definition) is 4. The molecule has 0 atom stereocenters. The van der Waals surface area contributed by atoms with Gasteiger partial charge in [0.2, 0.25) is 0 Å². The summed E-state index contributed by atoms with van der Waals surface area (Å²) in [5, 5.41) is 0. The molecule has 24 heavy (non-hydrogen) atoms. The first-order valence-corrected chi connectivity index (χ1v) is 7.76. The van der Waals surface area contributed by atoms with Gasteiger partial charge in [0.1, 0.15) is 12.2 Å². The maximum absolute atomic E-state index is 10.4. The van der Waals surface area contributed by atoms with Crippen molar-refractivity contribution < 1.29 is 19.1 Å². The van der Waals surface area contributed by atoms with Crippen LogP contribution in [0.25, 0.3) is 11.1 Å². The number of carbonyl (C=O) groups is 1. The molecule has 0 aromatic heterocycles. The highest BCUT2D eigenvalue weighted by atomic mass is 16.5. The van der Waals surface area contributed by atoms with E-state index in [2.05, 4.69) is 29.0 Å². The van der Waals surface area contributed by atoms with Gasteiger partial charge in [-0.1, -0.05) is 48.5 Å². The summed E-state index contributed by atoms with van der Waals surface area (Å²) in [4.78, 5) is 19.8. The molecule has 0 saturated carbocycles. The van der Waals surface area contributed by atoms with Gasteiger partial charge in [-0.05, 0) is 43.0 Å². The highest BCUT2D eigenvalue weighted by Crippen LogP contribution is 2.44. The van der Waals surface area contributed by atoms with Crippen LogP contribution in [-0.2, 0) is 19.1 Å². The molecule has 0 saturated heterocycles. The van der Waals surface area contributed by atoms with Crippen LogP contribution in [0.2, 0.25) is 0 Å². The summed E-state index contributed by atoms with van der Waals surface area (Å²) >= 11 is 0. The Morgan fingerprint density at radius 1 is 1.00 bits per heavy atom. The Hall–Kier alpha value is -2.62. The average Bonchev–Trinajstić information content (AvgIpc) is 2.87. The van der Waals surface area contributed by atoms with Crippen molar-refractivity contribution >= 4 is 12.9 Å². The molecule has 0 amide bonds. The third-order valence-electron chi connectivity index (χ3n) is 3.64. The molecule has 0 aliphatic heterocycles. The molecule has 125 valence electrons. The molecule has 4 nitrogen and oxygen atoms in total. The fourth-order valence-electron chi connectivity index (χ4n) is 2.70. The number of carbonyl (C=O) groups excluding carboxylic acids is 2. The molecular formula is C20H21O4. The molecule has 0 spiro atoms. The van der Waals surface area contributed by atoms with Gasteiger partial charge in [0.15, 0.2) is 0 Å². The fraction of sp³-hybridized carbons (Fsp3) is 0.300. The Bertz CT molecular complexity index is 655. The number of benzene rings is 2. The minimum absolute atomic E-state index is 0.174. The molecule has 1 aliphatic rings. The van der Waals surface area contributed by atoms with Gasteiger partial charge < -0.3 is 9.47 Å². The van der Waals surface area contributed by atoms with E-state index in [1.165, 1.54) is 28.7 Å². The SMILES string of the molecule is CC(C)(C)O[C]=O.O=COCC1c2ccccc2-c2ccccc21. The summed E-state index contributed by atoms with van der Waals surface area (Å²) in [6, 6.07) is 16.6. The molecule has 1 radical (unpaired) electrons. The molecule has 4 heteroatoms. The number of ether oxygens (including phenoxy) is 2. The second kappa shape index (κ2) is 7.77. The van der Waals surface area contributed by atoms with Crippen molar-refractivity contribution in [3.63, 3.8) is 0 Å². The third kappa shape index (κ3) is 4.22. The summed E-state index contributed by atoms with van der Waals surface area (Å²) < 4.78 is 9.37. The van der Waals surface area contributed by atoms with Crippen molar-refractivity contribution in [2.24, 2.45) is 0 Å². The Kier molecular flexibility index (Phi) is 5.74. The average molecular weight is 325 g/mol. The summed E-state index contributed by atoms with van der Waals surface area (Å²) in [5.74, 6) is 0.174. The molecule has 2 aromatic rings. The highest BCUT2D eigenvalue weighted by Gasteiger charge is 2.28. The van der Waals surface area contributed by atoms with Crippen molar-refractivity contribution in [3.8, 4) is 11.1 Å². The minimum atomic E-state index is -0.373. The van der Waals surface area contributed by atoms with Crippen molar-refractivity contribution in [3.05, 3.63) is 59.7 Å². The number of hydrogen-bond donors (Lipinski definition) is 0. The van der Waals surface area contributed by atoms with Crippen LogP contribution < -0.4 is 0 Å². The predicted octanol–water partition coefficient (Wildman–Crippen LogP) is 3.84. The first-order chi connectivity index (χ1) is 11.5. The zero-order valence-corrected chi connectivity index (χ0v) is 14.1. The second-order valence-corrected chi connectivity index (χ2v) is 6.45.